The molecule has 0 bridgehead atoms. The Kier molecular flexibility index (Phi) is 4.20. The second-order valence-corrected chi connectivity index (χ2v) is 4.75. The van der Waals surface area contributed by atoms with E-state index in [-0.39, 0.29) is 0 Å². The summed E-state index contributed by atoms with van der Waals surface area (Å²) in [7, 11) is 0. The zero-order chi connectivity index (χ0) is 9.84. The molecule has 2 heteroatoms. The maximum atomic E-state index is 5.73. The Morgan fingerprint density at radius 2 is 2.00 bits per heavy atom. The molecule has 2 unspecified atom stereocenters. The molecule has 0 amide bonds. The average molecular weight is 184 g/mol. The lowest BCUT2D eigenvalue weighted by atomic mass is 9.86. The van der Waals surface area contributed by atoms with E-state index in [2.05, 4.69) is 26.1 Å². The molecule has 0 spiro atoms. The van der Waals surface area contributed by atoms with Crippen LogP contribution in [0.1, 0.15) is 46.5 Å². The van der Waals surface area contributed by atoms with Crippen molar-refractivity contribution in [2.24, 2.45) is 11.7 Å². The first-order valence-corrected chi connectivity index (χ1v) is 5.63. The van der Waals surface area contributed by atoms with Crippen LogP contribution in [0.3, 0.4) is 0 Å². The molecule has 2 atom stereocenters. The smallest absolute Gasteiger partial charge is 0.00990 e. The average Bonchev–Trinajstić information content (AvgIpc) is 2.01. The molecule has 0 saturated heterocycles. The second kappa shape index (κ2) is 4.97. The van der Waals surface area contributed by atoms with Gasteiger partial charge in [-0.05, 0) is 32.1 Å². The van der Waals surface area contributed by atoms with E-state index in [0.717, 1.165) is 5.92 Å². The fourth-order valence-corrected chi connectivity index (χ4v) is 2.04. The molecule has 13 heavy (non-hydrogen) atoms. The van der Waals surface area contributed by atoms with Gasteiger partial charge >= 0.3 is 0 Å². The monoisotopic (exact) mass is 184 g/mol. The normalized spacial score (nSPS) is 32.3. The van der Waals surface area contributed by atoms with Gasteiger partial charge in [0.1, 0.15) is 0 Å². The minimum atomic E-state index is 0.466. The maximum Gasteiger partial charge on any atom is 0.00990 e. The van der Waals surface area contributed by atoms with Crippen molar-refractivity contribution in [2.45, 2.75) is 64.6 Å². The fraction of sp³-hybridized carbons (Fsp3) is 1.00. The van der Waals surface area contributed by atoms with Crippen LogP contribution in [0, 0.1) is 5.92 Å². The van der Waals surface area contributed by atoms with E-state index in [9.17, 15) is 0 Å². The molecule has 0 aliphatic heterocycles. The van der Waals surface area contributed by atoms with Crippen LogP contribution in [-0.4, -0.2) is 18.1 Å². The van der Waals surface area contributed by atoms with Crippen molar-refractivity contribution >= 4 is 0 Å². The molecular formula is C11H24N2. The largest absolute Gasteiger partial charge is 0.328 e. The Morgan fingerprint density at radius 3 is 2.46 bits per heavy atom. The lowest BCUT2D eigenvalue weighted by Gasteiger charge is -2.36. The third-order valence-electron chi connectivity index (χ3n) is 3.15. The van der Waals surface area contributed by atoms with Crippen molar-refractivity contribution in [1.82, 2.24) is 5.32 Å². The molecule has 78 valence electrons. The van der Waals surface area contributed by atoms with E-state index in [4.69, 9.17) is 5.73 Å². The van der Waals surface area contributed by atoms with Crippen LogP contribution in [0.2, 0.25) is 0 Å². The summed E-state index contributed by atoms with van der Waals surface area (Å²) in [5, 5.41) is 3.63. The van der Waals surface area contributed by atoms with Crippen LogP contribution >= 0.6 is 0 Å². The highest BCUT2D eigenvalue weighted by molar-refractivity contribution is 4.89. The number of hydrogen-bond donors (Lipinski definition) is 2. The summed E-state index contributed by atoms with van der Waals surface area (Å²) in [5.41, 5.74) is 5.73. The molecule has 3 N–H and O–H groups in total. The first-order chi connectivity index (χ1) is 6.11. The van der Waals surface area contributed by atoms with E-state index in [1.807, 2.05) is 0 Å². The van der Waals surface area contributed by atoms with Crippen LogP contribution < -0.4 is 11.1 Å². The molecule has 0 aromatic rings. The standard InChI is InChI=1S/C11H24N2/c1-4-8(2)5-9(3)13-11-6-10(12)7-11/h8-11,13H,4-7,12H2,1-3H3. The molecule has 1 fully saturated rings. The third kappa shape index (κ3) is 3.65. The summed E-state index contributed by atoms with van der Waals surface area (Å²) in [5.74, 6) is 0.844. The lowest BCUT2D eigenvalue weighted by Crippen LogP contribution is -2.51. The van der Waals surface area contributed by atoms with E-state index in [1.54, 1.807) is 0 Å². The summed E-state index contributed by atoms with van der Waals surface area (Å²) in [4.78, 5) is 0. The van der Waals surface area contributed by atoms with Crippen molar-refractivity contribution in [3.8, 4) is 0 Å². The summed E-state index contributed by atoms with van der Waals surface area (Å²) < 4.78 is 0. The maximum absolute atomic E-state index is 5.73. The summed E-state index contributed by atoms with van der Waals surface area (Å²) >= 11 is 0. The van der Waals surface area contributed by atoms with Crippen molar-refractivity contribution in [2.75, 3.05) is 0 Å². The number of rotatable bonds is 5. The Bertz CT molecular complexity index is 141. The molecular weight excluding hydrogens is 160 g/mol. The SMILES string of the molecule is CCC(C)CC(C)NC1CC(N)C1. The van der Waals surface area contributed by atoms with Crippen molar-refractivity contribution in [3.63, 3.8) is 0 Å². The van der Waals surface area contributed by atoms with Gasteiger partial charge in [0, 0.05) is 18.1 Å². The highest BCUT2D eigenvalue weighted by Crippen LogP contribution is 2.19. The van der Waals surface area contributed by atoms with Crippen LogP contribution in [0.15, 0.2) is 0 Å². The topological polar surface area (TPSA) is 38.0 Å². The Balaban J connectivity index is 2.07. The van der Waals surface area contributed by atoms with E-state index in [1.165, 1.54) is 25.7 Å². The van der Waals surface area contributed by atoms with Crippen LogP contribution in [0.25, 0.3) is 0 Å². The lowest BCUT2D eigenvalue weighted by molar-refractivity contribution is 0.256. The number of nitrogens with one attached hydrogen (secondary N) is 1. The summed E-state index contributed by atoms with van der Waals surface area (Å²) in [6, 6.07) is 1.83. The van der Waals surface area contributed by atoms with Crippen LogP contribution in [-0.2, 0) is 0 Å². The summed E-state index contributed by atoms with van der Waals surface area (Å²) in [6.45, 7) is 6.87. The molecule has 0 aromatic carbocycles. The zero-order valence-corrected chi connectivity index (χ0v) is 9.22. The van der Waals surface area contributed by atoms with Crippen LogP contribution in [0.4, 0.5) is 0 Å². The Hall–Kier alpha value is -0.0800. The Morgan fingerprint density at radius 1 is 1.38 bits per heavy atom. The van der Waals surface area contributed by atoms with Gasteiger partial charge in [0.15, 0.2) is 0 Å². The minimum Gasteiger partial charge on any atom is -0.328 e. The van der Waals surface area contributed by atoms with Gasteiger partial charge in [0.25, 0.3) is 0 Å². The van der Waals surface area contributed by atoms with Gasteiger partial charge in [-0.3, -0.25) is 0 Å². The first-order valence-electron chi connectivity index (χ1n) is 5.63. The minimum absolute atomic E-state index is 0.466. The number of nitrogens with two attached hydrogens (primary N) is 1. The molecule has 0 heterocycles. The van der Waals surface area contributed by atoms with Crippen molar-refractivity contribution in [3.05, 3.63) is 0 Å². The third-order valence-corrected chi connectivity index (χ3v) is 3.15. The number of hydrogen-bond acceptors (Lipinski definition) is 2. The zero-order valence-electron chi connectivity index (χ0n) is 9.22. The first kappa shape index (κ1) is 11.0. The van der Waals surface area contributed by atoms with Crippen molar-refractivity contribution in [1.29, 1.82) is 0 Å². The predicted molar refractivity (Wildman–Crippen MR) is 57.7 cm³/mol. The quantitative estimate of drug-likeness (QED) is 0.685. The molecule has 1 aliphatic carbocycles. The highest BCUT2D eigenvalue weighted by atomic mass is 15.0. The molecule has 0 aromatic heterocycles. The van der Waals surface area contributed by atoms with Gasteiger partial charge in [0.2, 0.25) is 0 Å². The van der Waals surface area contributed by atoms with Gasteiger partial charge in [0.05, 0.1) is 0 Å². The van der Waals surface area contributed by atoms with Gasteiger partial charge in [-0.25, -0.2) is 0 Å². The van der Waals surface area contributed by atoms with Gasteiger partial charge in [-0.1, -0.05) is 20.3 Å². The van der Waals surface area contributed by atoms with E-state index >= 15 is 0 Å². The van der Waals surface area contributed by atoms with E-state index < -0.39 is 0 Å². The van der Waals surface area contributed by atoms with Gasteiger partial charge in [-0.2, -0.15) is 0 Å². The fourth-order valence-electron chi connectivity index (χ4n) is 2.04. The molecule has 2 nitrogen and oxygen atoms in total. The Labute approximate surface area is 82.3 Å². The molecule has 0 radical (unpaired) electrons. The molecule has 1 saturated carbocycles. The molecule has 1 aliphatic rings. The van der Waals surface area contributed by atoms with Crippen LogP contribution in [0.5, 0.6) is 0 Å². The van der Waals surface area contributed by atoms with Crippen molar-refractivity contribution < 1.29 is 0 Å². The second-order valence-electron chi connectivity index (χ2n) is 4.75. The highest BCUT2D eigenvalue weighted by Gasteiger charge is 2.26. The summed E-state index contributed by atoms with van der Waals surface area (Å²) in [6.07, 6.45) is 4.92. The molecule has 1 rings (SSSR count). The van der Waals surface area contributed by atoms with Gasteiger partial charge in [-0.15, -0.1) is 0 Å². The predicted octanol–water partition coefficient (Wildman–Crippen LogP) is 1.89. The van der Waals surface area contributed by atoms with Gasteiger partial charge < -0.3 is 11.1 Å². The van der Waals surface area contributed by atoms with E-state index in [0.29, 0.717) is 18.1 Å².